The molecule has 3 atom stereocenters. The van der Waals surface area contributed by atoms with E-state index in [4.69, 9.17) is 4.74 Å². The average Bonchev–Trinajstić information content (AvgIpc) is 2.95. The van der Waals surface area contributed by atoms with E-state index < -0.39 is 30.7 Å². The summed E-state index contributed by atoms with van der Waals surface area (Å²) < 4.78 is 6.60. The van der Waals surface area contributed by atoms with E-state index in [1.165, 1.54) is 37.6 Å². The topological polar surface area (TPSA) is 114 Å². The minimum absolute atomic E-state index is 0.127. The predicted octanol–water partition coefficient (Wildman–Crippen LogP) is 1.91. The number of aromatic nitrogens is 2. The van der Waals surface area contributed by atoms with Gasteiger partial charge in [0.05, 0.1) is 6.61 Å². The van der Waals surface area contributed by atoms with Crippen LogP contribution < -0.4 is 11.0 Å². The lowest BCUT2D eigenvalue weighted by atomic mass is 10.1. The van der Waals surface area contributed by atoms with Gasteiger partial charge in [0.1, 0.15) is 18.0 Å². The van der Waals surface area contributed by atoms with Crippen LogP contribution in [0.5, 0.6) is 0 Å². The highest BCUT2D eigenvalue weighted by molar-refractivity contribution is 5.98. The second kappa shape index (κ2) is 10.9. The second-order valence-corrected chi connectivity index (χ2v) is 6.83. The molecule has 1 saturated heterocycles. The van der Waals surface area contributed by atoms with E-state index in [0.29, 0.717) is 0 Å². The zero-order chi connectivity index (χ0) is 20.5. The fourth-order valence-electron chi connectivity index (χ4n) is 2.98. The number of allylic oxidation sites excluding steroid dienone is 1. The van der Waals surface area contributed by atoms with Gasteiger partial charge in [0.25, 0.3) is 0 Å². The van der Waals surface area contributed by atoms with Crippen molar-refractivity contribution in [2.75, 3.05) is 11.9 Å². The predicted molar refractivity (Wildman–Crippen MR) is 106 cm³/mol. The Morgan fingerprint density at radius 2 is 2.14 bits per heavy atom. The summed E-state index contributed by atoms with van der Waals surface area (Å²) in [6.07, 6.45) is 8.54. The first kappa shape index (κ1) is 22.0. The molecular weight excluding hydrogens is 362 g/mol. The molecule has 1 amide bonds. The first-order valence-electron chi connectivity index (χ1n) is 9.67. The SMILES string of the molecule is C=C1[C@H](n2ccc(NC(=O)/C=C/CCCCCCC)nc2=O)O[C@H](CO)[C@H]1O. The molecule has 0 unspecified atom stereocenters. The van der Waals surface area contributed by atoms with Crippen molar-refractivity contribution in [2.24, 2.45) is 0 Å². The molecule has 8 nitrogen and oxygen atoms in total. The van der Waals surface area contributed by atoms with E-state index in [0.717, 1.165) is 23.8 Å². The van der Waals surface area contributed by atoms with Gasteiger partial charge in [-0.15, -0.1) is 0 Å². The fraction of sp³-hybridized carbons (Fsp3) is 0.550. The van der Waals surface area contributed by atoms with Crippen LogP contribution in [0, 0.1) is 0 Å². The zero-order valence-corrected chi connectivity index (χ0v) is 16.2. The third kappa shape index (κ3) is 5.85. The number of hydrogen-bond acceptors (Lipinski definition) is 6. The standard InChI is InChI=1S/C20H29N3O5/c1-3-4-5-6-7-8-9-10-17(25)21-16-11-12-23(20(27)22-16)19-14(2)18(26)15(13-24)28-19/h9-12,15,18-19,24,26H,2-8,13H2,1H3,(H,21,22,25,27)/b10-9+/t15-,18+,19-/m1/s1. The van der Waals surface area contributed by atoms with Crippen molar-refractivity contribution in [1.29, 1.82) is 0 Å². The van der Waals surface area contributed by atoms with E-state index >= 15 is 0 Å². The summed E-state index contributed by atoms with van der Waals surface area (Å²) in [5, 5.41) is 21.7. The molecular formula is C20H29N3O5. The number of ether oxygens (including phenoxy) is 1. The lowest BCUT2D eigenvalue weighted by molar-refractivity contribution is -0.111. The Balaban J connectivity index is 1.89. The lowest BCUT2D eigenvalue weighted by Crippen LogP contribution is -2.28. The number of hydrogen-bond donors (Lipinski definition) is 3. The van der Waals surface area contributed by atoms with Gasteiger partial charge in [-0.2, -0.15) is 4.98 Å². The third-order valence-electron chi connectivity index (χ3n) is 4.61. The Labute approximate surface area is 164 Å². The summed E-state index contributed by atoms with van der Waals surface area (Å²) in [6.45, 7) is 5.49. The van der Waals surface area contributed by atoms with Gasteiger partial charge in [-0.1, -0.05) is 45.3 Å². The van der Waals surface area contributed by atoms with E-state index in [2.05, 4.69) is 23.8 Å². The number of carbonyl (C=O) groups excluding carboxylic acids is 1. The van der Waals surface area contributed by atoms with E-state index in [1.807, 2.05) is 6.08 Å². The van der Waals surface area contributed by atoms with Crippen molar-refractivity contribution >= 4 is 11.7 Å². The number of nitrogens with one attached hydrogen (secondary N) is 1. The van der Waals surface area contributed by atoms with Crippen molar-refractivity contribution < 1.29 is 19.7 Å². The van der Waals surface area contributed by atoms with Gasteiger partial charge in [0.15, 0.2) is 6.23 Å². The molecule has 8 heteroatoms. The molecule has 154 valence electrons. The number of aliphatic hydroxyl groups is 2. The molecule has 2 rings (SSSR count). The number of amides is 1. The molecule has 1 fully saturated rings. The Kier molecular flexibility index (Phi) is 8.56. The van der Waals surface area contributed by atoms with Gasteiger partial charge in [-0.05, 0) is 25.0 Å². The maximum atomic E-state index is 12.3. The van der Waals surface area contributed by atoms with Crippen molar-refractivity contribution in [3.05, 3.63) is 47.1 Å². The van der Waals surface area contributed by atoms with E-state index in [-0.39, 0.29) is 17.3 Å². The fourth-order valence-corrected chi connectivity index (χ4v) is 2.98. The molecule has 3 N–H and O–H groups in total. The minimum Gasteiger partial charge on any atom is -0.394 e. The highest BCUT2D eigenvalue weighted by Crippen LogP contribution is 2.31. The van der Waals surface area contributed by atoms with Crippen molar-refractivity contribution in [3.63, 3.8) is 0 Å². The molecule has 2 heterocycles. The molecule has 1 aromatic heterocycles. The summed E-state index contributed by atoms with van der Waals surface area (Å²) in [5.41, 5.74) is -0.392. The van der Waals surface area contributed by atoms with Crippen LogP contribution in [0.2, 0.25) is 0 Å². The smallest absolute Gasteiger partial charge is 0.351 e. The quantitative estimate of drug-likeness (QED) is 0.319. The highest BCUT2D eigenvalue weighted by atomic mass is 16.5. The normalized spacial score (nSPS) is 22.1. The van der Waals surface area contributed by atoms with Crippen molar-refractivity contribution in [3.8, 4) is 0 Å². The maximum absolute atomic E-state index is 12.3. The first-order chi connectivity index (χ1) is 13.5. The van der Waals surface area contributed by atoms with Gasteiger partial charge < -0.3 is 20.3 Å². The summed E-state index contributed by atoms with van der Waals surface area (Å²) >= 11 is 0. The minimum atomic E-state index is -1.06. The van der Waals surface area contributed by atoms with Crippen molar-refractivity contribution in [1.82, 2.24) is 9.55 Å². The average molecular weight is 391 g/mol. The summed E-state index contributed by atoms with van der Waals surface area (Å²) in [7, 11) is 0. The van der Waals surface area contributed by atoms with Gasteiger partial charge >= 0.3 is 5.69 Å². The Morgan fingerprint density at radius 3 is 2.79 bits per heavy atom. The maximum Gasteiger partial charge on any atom is 0.351 e. The molecule has 28 heavy (non-hydrogen) atoms. The molecule has 1 aliphatic rings. The second-order valence-electron chi connectivity index (χ2n) is 6.83. The summed E-state index contributed by atoms with van der Waals surface area (Å²) in [6, 6.07) is 1.47. The number of nitrogens with zero attached hydrogens (tertiary/aromatic N) is 2. The number of aliphatic hydroxyl groups excluding tert-OH is 2. The molecule has 0 bridgehead atoms. The molecule has 1 aliphatic heterocycles. The monoisotopic (exact) mass is 391 g/mol. The first-order valence-corrected chi connectivity index (χ1v) is 9.67. The molecule has 1 aromatic rings. The Hall–Kier alpha value is -2.29. The molecule has 0 radical (unpaired) electrons. The number of carbonyl (C=O) groups is 1. The van der Waals surface area contributed by atoms with Crippen LogP contribution in [0.15, 0.2) is 41.4 Å². The van der Waals surface area contributed by atoms with Crippen LogP contribution in [0.25, 0.3) is 0 Å². The van der Waals surface area contributed by atoms with Gasteiger partial charge in [-0.25, -0.2) is 4.79 Å². The van der Waals surface area contributed by atoms with E-state index in [9.17, 15) is 19.8 Å². The highest BCUT2D eigenvalue weighted by Gasteiger charge is 2.38. The number of rotatable bonds is 10. The van der Waals surface area contributed by atoms with Crippen LogP contribution in [0.3, 0.4) is 0 Å². The zero-order valence-electron chi connectivity index (χ0n) is 16.2. The number of anilines is 1. The molecule has 0 aromatic carbocycles. The summed E-state index contributed by atoms with van der Waals surface area (Å²) in [4.78, 5) is 28.0. The van der Waals surface area contributed by atoms with Crippen LogP contribution in [-0.2, 0) is 9.53 Å². The van der Waals surface area contributed by atoms with Gasteiger partial charge in [0.2, 0.25) is 5.91 Å². The van der Waals surface area contributed by atoms with E-state index in [1.54, 1.807) is 0 Å². The van der Waals surface area contributed by atoms with Crippen LogP contribution in [0.1, 0.15) is 51.7 Å². The molecule has 0 spiro atoms. The van der Waals surface area contributed by atoms with Crippen molar-refractivity contribution in [2.45, 2.75) is 63.9 Å². The lowest BCUT2D eigenvalue weighted by Gasteiger charge is -2.15. The van der Waals surface area contributed by atoms with Crippen LogP contribution in [0.4, 0.5) is 5.82 Å². The summed E-state index contributed by atoms with van der Waals surface area (Å²) in [5.74, 6) is -0.225. The largest absolute Gasteiger partial charge is 0.394 e. The number of unbranched alkanes of at least 4 members (excludes halogenated alkanes) is 5. The van der Waals surface area contributed by atoms with Crippen LogP contribution >= 0.6 is 0 Å². The van der Waals surface area contributed by atoms with Gasteiger partial charge in [-0.3, -0.25) is 9.36 Å². The Morgan fingerprint density at radius 1 is 1.39 bits per heavy atom. The Bertz CT molecular complexity index is 758. The van der Waals surface area contributed by atoms with Gasteiger partial charge in [0, 0.05) is 11.8 Å². The third-order valence-corrected chi connectivity index (χ3v) is 4.61. The molecule has 0 aliphatic carbocycles. The molecule has 0 saturated carbocycles. The van der Waals surface area contributed by atoms with Crippen LogP contribution in [-0.4, -0.2) is 44.5 Å².